The Bertz CT molecular complexity index is 533. The third kappa shape index (κ3) is 1.92. The van der Waals surface area contributed by atoms with Crippen LogP contribution in [-0.4, -0.2) is 16.1 Å². The van der Waals surface area contributed by atoms with Crippen LogP contribution in [0.15, 0.2) is 23.7 Å². The van der Waals surface area contributed by atoms with Crippen molar-refractivity contribution in [3.63, 3.8) is 0 Å². The van der Waals surface area contributed by atoms with Gasteiger partial charge in [-0.3, -0.25) is 0 Å². The van der Waals surface area contributed by atoms with Gasteiger partial charge >= 0.3 is 5.97 Å². The van der Waals surface area contributed by atoms with Crippen molar-refractivity contribution in [2.24, 2.45) is 0 Å². The second kappa shape index (κ2) is 3.97. The fourth-order valence-electron chi connectivity index (χ4n) is 1.29. The molecule has 2 rings (SSSR count). The molecule has 0 aliphatic heterocycles. The van der Waals surface area contributed by atoms with Gasteiger partial charge in [0.05, 0.1) is 11.2 Å². The van der Waals surface area contributed by atoms with E-state index in [-0.39, 0.29) is 16.1 Å². The normalized spacial score (nSPS) is 10.4. The van der Waals surface area contributed by atoms with Gasteiger partial charge in [0.25, 0.3) is 0 Å². The summed E-state index contributed by atoms with van der Waals surface area (Å²) in [7, 11) is 0. The van der Waals surface area contributed by atoms with Crippen LogP contribution < -0.4 is 0 Å². The first-order valence-corrected chi connectivity index (χ1v) is 5.09. The van der Waals surface area contributed by atoms with Gasteiger partial charge in [0.2, 0.25) is 0 Å². The number of carbonyl (C=O) groups is 1. The lowest BCUT2D eigenvalue weighted by molar-refractivity contribution is 0.0702. The van der Waals surface area contributed by atoms with Crippen LogP contribution in [0.25, 0.3) is 11.3 Å². The van der Waals surface area contributed by atoms with E-state index in [2.05, 4.69) is 4.98 Å². The minimum Gasteiger partial charge on any atom is -0.477 e. The highest BCUT2D eigenvalue weighted by Gasteiger charge is 2.16. The van der Waals surface area contributed by atoms with Gasteiger partial charge < -0.3 is 5.11 Å². The molecular formula is C10H5F2NO2S. The predicted octanol–water partition coefficient (Wildman–Crippen LogP) is 2.79. The average molecular weight is 241 g/mol. The maximum Gasteiger partial charge on any atom is 0.348 e. The van der Waals surface area contributed by atoms with Crippen LogP contribution in [-0.2, 0) is 0 Å². The van der Waals surface area contributed by atoms with E-state index in [1.807, 2.05) is 0 Å². The SMILES string of the molecule is O=C(O)c1scnc1-c1cc(F)cc(F)c1. The zero-order valence-corrected chi connectivity index (χ0v) is 8.59. The lowest BCUT2D eigenvalue weighted by atomic mass is 10.1. The van der Waals surface area contributed by atoms with E-state index in [4.69, 9.17) is 5.11 Å². The van der Waals surface area contributed by atoms with Gasteiger partial charge in [0.15, 0.2) is 0 Å². The summed E-state index contributed by atoms with van der Waals surface area (Å²) in [5.74, 6) is -2.69. The van der Waals surface area contributed by atoms with Crippen LogP contribution in [0, 0.1) is 11.6 Å². The number of rotatable bonds is 2. The summed E-state index contributed by atoms with van der Waals surface area (Å²) in [5.41, 5.74) is 1.52. The molecule has 6 heteroatoms. The van der Waals surface area contributed by atoms with Crippen molar-refractivity contribution in [3.8, 4) is 11.3 Å². The molecule has 0 radical (unpaired) electrons. The van der Waals surface area contributed by atoms with Crippen molar-refractivity contribution in [1.82, 2.24) is 4.98 Å². The molecule has 0 aliphatic rings. The van der Waals surface area contributed by atoms with Crippen molar-refractivity contribution in [3.05, 3.63) is 40.2 Å². The highest BCUT2D eigenvalue weighted by atomic mass is 32.1. The maximum atomic E-state index is 12.9. The molecule has 2 aromatic rings. The molecule has 1 aromatic carbocycles. The van der Waals surface area contributed by atoms with E-state index < -0.39 is 17.6 Å². The topological polar surface area (TPSA) is 50.2 Å². The summed E-state index contributed by atoms with van der Waals surface area (Å²) in [6.45, 7) is 0. The lowest BCUT2D eigenvalue weighted by Crippen LogP contribution is -1.96. The quantitative estimate of drug-likeness (QED) is 0.879. The van der Waals surface area contributed by atoms with Gasteiger partial charge in [-0.05, 0) is 12.1 Å². The van der Waals surface area contributed by atoms with E-state index in [0.717, 1.165) is 29.5 Å². The zero-order chi connectivity index (χ0) is 11.7. The first-order chi connectivity index (χ1) is 7.58. The van der Waals surface area contributed by atoms with E-state index in [9.17, 15) is 13.6 Å². The molecule has 0 amide bonds. The Morgan fingerprint density at radius 1 is 1.25 bits per heavy atom. The fourth-order valence-corrected chi connectivity index (χ4v) is 1.94. The van der Waals surface area contributed by atoms with E-state index in [1.54, 1.807) is 0 Å². The summed E-state index contributed by atoms with van der Waals surface area (Å²) >= 11 is 0.909. The van der Waals surface area contributed by atoms with Crippen LogP contribution in [0.4, 0.5) is 8.78 Å². The van der Waals surface area contributed by atoms with Crippen molar-refractivity contribution >= 4 is 17.3 Å². The van der Waals surface area contributed by atoms with Crippen LogP contribution in [0.3, 0.4) is 0 Å². The summed E-state index contributed by atoms with van der Waals surface area (Å²) in [6, 6.07) is 2.81. The van der Waals surface area contributed by atoms with Gasteiger partial charge in [0.1, 0.15) is 16.5 Å². The van der Waals surface area contributed by atoms with Crippen molar-refractivity contribution < 1.29 is 18.7 Å². The van der Waals surface area contributed by atoms with E-state index >= 15 is 0 Å². The third-order valence-corrected chi connectivity index (χ3v) is 2.71. The Hall–Kier alpha value is -1.82. The number of thiazole rings is 1. The Kier molecular flexibility index (Phi) is 2.66. The molecule has 0 unspecified atom stereocenters. The largest absolute Gasteiger partial charge is 0.477 e. The molecule has 0 atom stereocenters. The number of halogens is 2. The van der Waals surface area contributed by atoms with Crippen LogP contribution in [0.5, 0.6) is 0 Å². The molecule has 1 aromatic heterocycles. The molecular weight excluding hydrogens is 236 g/mol. The van der Waals surface area contributed by atoms with E-state index in [1.165, 1.54) is 5.51 Å². The summed E-state index contributed by atoms with van der Waals surface area (Å²) in [5, 5.41) is 8.84. The number of carboxylic acids is 1. The first kappa shape index (κ1) is 10.7. The Labute approximate surface area is 93.0 Å². The molecule has 0 saturated heterocycles. The molecule has 0 saturated carbocycles. The van der Waals surface area contributed by atoms with E-state index in [0.29, 0.717) is 0 Å². The smallest absolute Gasteiger partial charge is 0.348 e. The Morgan fingerprint density at radius 3 is 2.44 bits per heavy atom. The molecule has 0 bridgehead atoms. The second-order valence-corrected chi connectivity index (χ2v) is 3.85. The van der Waals surface area contributed by atoms with Crippen LogP contribution in [0.2, 0.25) is 0 Å². The molecule has 0 spiro atoms. The van der Waals surface area contributed by atoms with Crippen molar-refractivity contribution in [2.45, 2.75) is 0 Å². The number of aromatic carboxylic acids is 1. The number of hydrogen-bond donors (Lipinski definition) is 1. The van der Waals surface area contributed by atoms with Gasteiger partial charge in [-0.25, -0.2) is 18.6 Å². The van der Waals surface area contributed by atoms with Crippen molar-refractivity contribution in [2.75, 3.05) is 0 Å². The van der Waals surface area contributed by atoms with Gasteiger partial charge in [-0.2, -0.15) is 0 Å². The number of nitrogens with zero attached hydrogens (tertiary/aromatic N) is 1. The molecule has 0 fully saturated rings. The summed E-state index contributed by atoms with van der Waals surface area (Å²) in [4.78, 5) is 14.6. The monoisotopic (exact) mass is 241 g/mol. The highest BCUT2D eigenvalue weighted by Crippen LogP contribution is 2.26. The van der Waals surface area contributed by atoms with Crippen LogP contribution in [0.1, 0.15) is 9.67 Å². The molecule has 82 valence electrons. The molecule has 1 N–H and O–H groups in total. The Balaban J connectivity index is 2.58. The molecule has 0 aliphatic carbocycles. The van der Waals surface area contributed by atoms with Gasteiger partial charge in [-0.1, -0.05) is 0 Å². The average Bonchev–Trinajstić information content (AvgIpc) is 2.63. The standard InChI is InChI=1S/C10H5F2NO2S/c11-6-1-5(2-7(12)3-6)8-9(10(14)15)16-4-13-8/h1-4H,(H,14,15). The minimum absolute atomic E-state index is 0.0370. The highest BCUT2D eigenvalue weighted by molar-refractivity contribution is 7.12. The first-order valence-electron chi connectivity index (χ1n) is 4.21. The lowest BCUT2D eigenvalue weighted by Gasteiger charge is -2.00. The van der Waals surface area contributed by atoms with Gasteiger partial charge in [0, 0.05) is 11.6 Å². The molecule has 1 heterocycles. The molecule has 3 nitrogen and oxygen atoms in total. The molecule has 16 heavy (non-hydrogen) atoms. The zero-order valence-electron chi connectivity index (χ0n) is 7.78. The maximum absolute atomic E-state index is 12.9. The summed E-state index contributed by atoms with van der Waals surface area (Å²) in [6.07, 6.45) is 0. The predicted molar refractivity (Wildman–Crippen MR) is 54.4 cm³/mol. The number of hydrogen-bond acceptors (Lipinski definition) is 3. The number of carboxylic acid groups (broad SMARTS) is 1. The number of aromatic nitrogens is 1. The third-order valence-electron chi connectivity index (χ3n) is 1.90. The summed E-state index contributed by atoms with van der Waals surface area (Å²) < 4.78 is 25.9. The minimum atomic E-state index is -1.16. The van der Waals surface area contributed by atoms with Crippen molar-refractivity contribution in [1.29, 1.82) is 0 Å². The van der Waals surface area contributed by atoms with Gasteiger partial charge in [-0.15, -0.1) is 11.3 Å². The fraction of sp³-hybridized carbons (Fsp3) is 0. The second-order valence-electron chi connectivity index (χ2n) is 2.99. The Morgan fingerprint density at radius 2 is 1.88 bits per heavy atom. The number of benzene rings is 1. The van der Waals surface area contributed by atoms with Crippen LogP contribution >= 0.6 is 11.3 Å².